The highest BCUT2D eigenvalue weighted by molar-refractivity contribution is 6.62. The second-order valence-electron chi connectivity index (χ2n) is 5.66. The van der Waals surface area contributed by atoms with E-state index in [2.05, 4.69) is 10.4 Å². The number of anilines is 1. The zero-order valence-corrected chi connectivity index (χ0v) is 11.6. The van der Waals surface area contributed by atoms with Crippen LogP contribution in [-0.4, -0.2) is 23.3 Å². The average molecular weight is 249 g/mol. The number of nitrogens with two attached hydrogens (primary N) is 1. The van der Waals surface area contributed by atoms with E-state index in [-0.39, 0.29) is 18.3 Å². The topological polar surface area (TPSA) is 69.4 Å². The van der Waals surface area contributed by atoms with Crippen molar-refractivity contribution in [2.45, 2.75) is 45.8 Å². The highest BCUT2D eigenvalue weighted by atomic mass is 16.7. The summed E-state index contributed by atoms with van der Waals surface area (Å²) in [5, 5.41) is 0. The Bertz CT molecular complexity index is 447. The molecule has 0 radical (unpaired) electrons. The van der Waals surface area contributed by atoms with Crippen LogP contribution in [0.4, 0.5) is 5.82 Å². The molecule has 18 heavy (non-hydrogen) atoms. The highest BCUT2D eigenvalue weighted by Gasteiger charge is 2.52. The van der Waals surface area contributed by atoms with E-state index in [1.807, 2.05) is 40.7 Å². The first-order chi connectivity index (χ1) is 8.27. The van der Waals surface area contributed by atoms with Gasteiger partial charge in [-0.1, -0.05) is 0 Å². The van der Waals surface area contributed by atoms with Gasteiger partial charge in [0, 0.05) is 11.7 Å². The van der Waals surface area contributed by atoms with Crippen LogP contribution in [0.2, 0.25) is 0 Å². The molecular weight excluding hydrogens is 229 g/mol. The van der Waals surface area contributed by atoms with Gasteiger partial charge >= 0.3 is 7.12 Å². The summed E-state index contributed by atoms with van der Waals surface area (Å²) in [6, 6.07) is 1.88. The second-order valence-corrected chi connectivity index (χ2v) is 5.66. The molecule has 0 amide bonds. The summed E-state index contributed by atoms with van der Waals surface area (Å²) < 4.78 is 12.0. The third kappa shape index (κ3) is 2.11. The summed E-state index contributed by atoms with van der Waals surface area (Å²) in [6.07, 6.45) is 1.74. The number of hydrazine groups is 1. The number of aromatic nitrogens is 1. The Morgan fingerprint density at radius 1 is 1.22 bits per heavy atom. The molecule has 0 unspecified atom stereocenters. The Morgan fingerprint density at radius 2 is 1.78 bits per heavy atom. The number of nitrogens with zero attached hydrogens (tertiary/aromatic N) is 1. The van der Waals surface area contributed by atoms with Crippen molar-refractivity contribution in [2.75, 3.05) is 5.43 Å². The third-order valence-corrected chi connectivity index (χ3v) is 3.81. The van der Waals surface area contributed by atoms with Gasteiger partial charge in [-0.05, 0) is 46.2 Å². The molecule has 2 rings (SSSR count). The van der Waals surface area contributed by atoms with Gasteiger partial charge in [-0.2, -0.15) is 0 Å². The van der Waals surface area contributed by atoms with Gasteiger partial charge in [-0.25, -0.2) is 10.8 Å². The molecule has 1 saturated heterocycles. The van der Waals surface area contributed by atoms with Crippen LogP contribution in [0.5, 0.6) is 0 Å². The van der Waals surface area contributed by atoms with Crippen LogP contribution < -0.4 is 16.7 Å². The van der Waals surface area contributed by atoms with Crippen LogP contribution in [-0.2, 0) is 9.31 Å². The molecule has 6 heteroatoms. The maximum Gasteiger partial charge on any atom is 0.496 e. The molecule has 0 spiro atoms. The summed E-state index contributed by atoms with van der Waals surface area (Å²) >= 11 is 0. The Morgan fingerprint density at radius 3 is 2.22 bits per heavy atom. The van der Waals surface area contributed by atoms with E-state index in [4.69, 9.17) is 15.2 Å². The number of rotatable bonds is 2. The first kappa shape index (κ1) is 13.3. The van der Waals surface area contributed by atoms with Crippen molar-refractivity contribution in [2.24, 2.45) is 5.84 Å². The summed E-state index contributed by atoms with van der Waals surface area (Å²) in [4.78, 5) is 4.20. The predicted octanol–water partition coefficient (Wildman–Crippen LogP) is 0.975. The van der Waals surface area contributed by atoms with Gasteiger partial charge in [0.1, 0.15) is 5.82 Å². The summed E-state index contributed by atoms with van der Waals surface area (Å²) in [7, 11) is -0.380. The lowest BCUT2D eigenvalue weighted by atomic mass is 9.77. The van der Waals surface area contributed by atoms with Crippen molar-refractivity contribution in [3.05, 3.63) is 17.8 Å². The minimum absolute atomic E-state index is 0.338. The molecule has 3 N–H and O–H groups in total. The highest BCUT2D eigenvalue weighted by Crippen LogP contribution is 2.36. The molecule has 0 saturated carbocycles. The number of pyridine rings is 1. The number of nitrogen functional groups attached to an aromatic ring is 1. The molecule has 1 aliphatic rings. The number of hydrogen-bond acceptors (Lipinski definition) is 5. The molecular formula is C12H20BN3O2. The molecule has 1 aromatic heterocycles. The molecule has 98 valence electrons. The molecule has 0 bridgehead atoms. The average Bonchev–Trinajstić information content (AvgIpc) is 2.47. The molecule has 0 atom stereocenters. The van der Waals surface area contributed by atoms with Crippen LogP contribution in [0.15, 0.2) is 12.3 Å². The smallest absolute Gasteiger partial charge is 0.399 e. The largest absolute Gasteiger partial charge is 0.496 e. The predicted molar refractivity (Wildman–Crippen MR) is 72.5 cm³/mol. The standard InChI is InChI=1S/C12H20BN3O2/c1-8-6-10(16-14)15-7-9(8)13-17-11(2,3)12(4,5)18-13/h6-7H,14H2,1-5H3,(H,15,16). The van der Waals surface area contributed by atoms with Crippen LogP contribution in [0.1, 0.15) is 33.3 Å². The second kappa shape index (κ2) is 4.22. The monoisotopic (exact) mass is 249 g/mol. The zero-order chi connectivity index (χ0) is 13.6. The summed E-state index contributed by atoms with van der Waals surface area (Å²) in [5.41, 5.74) is 3.82. The van der Waals surface area contributed by atoms with E-state index in [1.165, 1.54) is 0 Å². The van der Waals surface area contributed by atoms with Gasteiger partial charge in [0.05, 0.1) is 11.2 Å². The summed E-state index contributed by atoms with van der Waals surface area (Å²) in [6.45, 7) is 10.1. The summed E-state index contributed by atoms with van der Waals surface area (Å²) in [5.74, 6) is 5.97. The fourth-order valence-electron chi connectivity index (χ4n) is 1.86. The Kier molecular flexibility index (Phi) is 3.13. The van der Waals surface area contributed by atoms with Crippen molar-refractivity contribution in [3.8, 4) is 0 Å². The first-order valence-corrected chi connectivity index (χ1v) is 6.05. The van der Waals surface area contributed by atoms with Gasteiger partial charge in [0.2, 0.25) is 0 Å². The molecule has 0 aliphatic carbocycles. The van der Waals surface area contributed by atoms with Gasteiger partial charge in [-0.15, -0.1) is 0 Å². The normalized spacial score (nSPS) is 21.1. The van der Waals surface area contributed by atoms with Crippen LogP contribution >= 0.6 is 0 Å². The quantitative estimate of drug-likeness (QED) is 0.464. The lowest BCUT2D eigenvalue weighted by Crippen LogP contribution is -2.41. The van der Waals surface area contributed by atoms with E-state index in [0.29, 0.717) is 5.82 Å². The van der Waals surface area contributed by atoms with Gasteiger partial charge in [0.25, 0.3) is 0 Å². The van der Waals surface area contributed by atoms with Crippen LogP contribution in [0, 0.1) is 6.92 Å². The SMILES string of the molecule is Cc1cc(NN)ncc1B1OC(C)(C)C(C)(C)O1. The Balaban J connectivity index is 2.30. The van der Waals surface area contributed by atoms with E-state index in [0.717, 1.165) is 11.0 Å². The van der Waals surface area contributed by atoms with Gasteiger partial charge in [0.15, 0.2) is 0 Å². The maximum absolute atomic E-state index is 5.99. The maximum atomic E-state index is 5.99. The van der Waals surface area contributed by atoms with Crippen molar-refractivity contribution in [1.82, 2.24) is 4.98 Å². The molecule has 0 aromatic carbocycles. The van der Waals surface area contributed by atoms with E-state index in [9.17, 15) is 0 Å². The Labute approximate surface area is 108 Å². The van der Waals surface area contributed by atoms with Crippen molar-refractivity contribution < 1.29 is 9.31 Å². The lowest BCUT2D eigenvalue weighted by Gasteiger charge is -2.32. The van der Waals surface area contributed by atoms with E-state index >= 15 is 0 Å². The fourth-order valence-corrected chi connectivity index (χ4v) is 1.86. The van der Waals surface area contributed by atoms with Gasteiger partial charge in [-0.3, -0.25) is 0 Å². The van der Waals surface area contributed by atoms with Crippen molar-refractivity contribution >= 4 is 18.4 Å². The number of nitrogens with one attached hydrogen (secondary N) is 1. The Hall–Kier alpha value is -1.11. The van der Waals surface area contributed by atoms with E-state index < -0.39 is 0 Å². The third-order valence-electron chi connectivity index (χ3n) is 3.81. The fraction of sp³-hybridized carbons (Fsp3) is 0.583. The van der Waals surface area contributed by atoms with Crippen molar-refractivity contribution in [1.29, 1.82) is 0 Å². The lowest BCUT2D eigenvalue weighted by molar-refractivity contribution is 0.00578. The molecule has 1 aromatic rings. The van der Waals surface area contributed by atoms with E-state index in [1.54, 1.807) is 6.20 Å². The number of hydrogen-bond donors (Lipinski definition) is 2. The van der Waals surface area contributed by atoms with Crippen LogP contribution in [0.3, 0.4) is 0 Å². The van der Waals surface area contributed by atoms with Crippen molar-refractivity contribution in [3.63, 3.8) is 0 Å². The minimum Gasteiger partial charge on any atom is -0.399 e. The molecule has 5 nitrogen and oxygen atoms in total. The van der Waals surface area contributed by atoms with Crippen LogP contribution in [0.25, 0.3) is 0 Å². The first-order valence-electron chi connectivity index (χ1n) is 6.05. The minimum atomic E-state index is -0.380. The molecule has 2 heterocycles. The number of aryl methyl sites for hydroxylation is 1. The van der Waals surface area contributed by atoms with Gasteiger partial charge < -0.3 is 14.7 Å². The molecule has 1 fully saturated rings. The molecule has 1 aliphatic heterocycles. The zero-order valence-electron chi connectivity index (χ0n) is 11.6.